The summed E-state index contributed by atoms with van der Waals surface area (Å²) in [4.78, 5) is 20.3. The van der Waals surface area contributed by atoms with Gasteiger partial charge in [0.2, 0.25) is 5.95 Å². The predicted octanol–water partition coefficient (Wildman–Crippen LogP) is 2.88. The van der Waals surface area contributed by atoms with Crippen molar-refractivity contribution in [1.82, 2.24) is 15.3 Å². The van der Waals surface area contributed by atoms with Crippen LogP contribution in [-0.2, 0) is 0 Å². The fourth-order valence-electron chi connectivity index (χ4n) is 2.65. The first-order chi connectivity index (χ1) is 14.6. The summed E-state index contributed by atoms with van der Waals surface area (Å²) in [6.07, 6.45) is 1.63. The number of rotatable bonds is 7. The van der Waals surface area contributed by atoms with Gasteiger partial charge < -0.3 is 25.8 Å². The van der Waals surface area contributed by atoms with E-state index in [2.05, 4.69) is 32.0 Å². The molecule has 0 spiro atoms. The van der Waals surface area contributed by atoms with Gasteiger partial charge in [0.25, 0.3) is 0 Å². The lowest BCUT2D eigenvalue weighted by Gasteiger charge is -2.10. The molecule has 0 fully saturated rings. The fraction of sp³-hybridized carbons (Fsp3) is 0.143. The molecule has 152 valence electrons. The first-order valence-electron chi connectivity index (χ1n) is 9.07. The van der Waals surface area contributed by atoms with Crippen LogP contribution >= 0.6 is 0 Å². The first-order valence-corrected chi connectivity index (χ1v) is 9.07. The molecule has 2 amide bonds. The number of nitrogens with zero attached hydrogens (tertiary/aromatic N) is 3. The van der Waals surface area contributed by atoms with Crippen molar-refractivity contribution in [2.24, 2.45) is 0 Å². The molecule has 0 atom stereocenters. The third-order valence-electron chi connectivity index (χ3n) is 4.07. The fourth-order valence-corrected chi connectivity index (χ4v) is 2.65. The molecule has 0 aliphatic rings. The number of urea groups is 1. The van der Waals surface area contributed by atoms with Gasteiger partial charge in [0.05, 0.1) is 25.0 Å². The number of methoxy groups -OCH3 is 1. The van der Waals surface area contributed by atoms with Crippen molar-refractivity contribution in [1.29, 1.82) is 5.26 Å². The summed E-state index contributed by atoms with van der Waals surface area (Å²) in [7, 11) is 1.52. The van der Waals surface area contributed by atoms with Crippen molar-refractivity contribution in [3.05, 3.63) is 60.3 Å². The Balaban J connectivity index is 1.71. The number of anilines is 3. The van der Waals surface area contributed by atoms with Crippen LogP contribution in [0.4, 0.5) is 22.1 Å². The summed E-state index contributed by atoms with van der Waals surface area (Å²) in [5.74, 6) is 0.899. The molecular weight excluding hydrogens is 384 g/mol. The van der Waals surface area contributed by atoms with Crippen molar-refractivity contribution < 1.29 is 14.6 Å². The molecule has 0 radical (unpaired) electrons. The Morgan fingerprint density at radius 2 is 1.93 bits per heavy atom. The molecule has 1 aromatic heterocycles. The SMILES string of the molecule is COc1ccc(-c2ccnc(Nc3ccc(NC(=O)NCCO)cc3)n2)cc1C#N. The number of aliphatic hydroxyl groups is 1. The number of amides is 2. The molecule has 0 aliphatic carbocycles. The van der Waals surface area contributed by atoms with E-state index in [4.69, 9.17) is 9.84 Å². The van der Waals surface area contributed by atoms with E-state index in [1.807, 2.05) is 6.07 Å². The van der Waals surface area contributed by atoms with Gasteiger partial charge in [-0.15, -0.1) is 0 Å². The van der Waals surface area contributed by atoms with Crippen LogP contribution in [0.3, 0.4) is 0 Å². The highest BCUT2D eigenvalue weighted by molar-refractivity contribution is 5.89. The third-order valence-corrected chi connectivity index (χ3v) is 4.07. The molecule has 30 heavy (non-hydrogen) atoms. The van der Waals surface area contributed by atoms with Crippen LogP contribution < -0.4 is 20.7 Å². The van der Waals surface area contributed by atoms with Crippen molar-refractivity contribution >= 4 is 23.4 Å². The Kier molecular flexibility index (Phi) is 6.76. The zero-order valence-corrected chi connectivity index (χ0v) is 16.2. The molecule has 0 saturated carbocycles. The average Bonchev–Trinajstić information content (AvgIpc) is 2.78. The minimum atomic E-state index is -0.392. The molecule has 9 heteroatoms. The van der Waals surface area contributed by atoms with Gasteiger partial charge in [-0.3, -0.25) is 0 Å². The highest BCUT2D eigenvalue weighted by atomic mass is 16.5. The number of nitriles is 1. The monoisotopic (exact) mass is 404 g/mol. The second kappa shape index (κ2) is 9.86. The Bertz CT molecular complexity index is 1060. The summed E-state index contributed by atoms with van der Waals surface area (Å²) in [6.45, 7) is 0.0624. The molecule has 0 unspecified atom stereocenters. The zero-order valence-electron chi connectivity index (χ0n) is 16.2. The summed E-state index contributed by atoms with van der Waals surface area (Å²) in [5.41, 5.74) is 3.19. The van der Waals surface area contributed by atoms with Gasteiger partial charge in [0.1, 0.15) is 11.8 Å². The molecule has 0 bridgehead atoms. The van der Waals surface area contributed by atoms with E-state index in [1.165, 1.54) is 7.11 Å². The van der Waals surface area contributed by atoms with E-state index in [9.17, 15) is 10.1 Å². The molecule has 3 rings (SSSR count). The van der Waals surface area contributed by atoms with Gasteiger partial charge in [-0.2, -0.15) is 5.26 Å². The summed E-state index contributed by atoms with van der Waals surface area (Å²) in [5, 5.41) is 26.3. The van der Waals surface area contributed by atoms with E-state index in [-0.39, 0.29) is 13.2 Å². The molecule has 1 heterocycles. The quantitative estimate of drug-likeness (QED) is 0.476. The van der Waals surface area contributed by atoms with Gasteiger partial charge in [-0.1, -0.05) is 0 Å². The van der Waals surface area contributed by atoms with Gasteiger partial charge in [0.15, 0.2) is 0 Å². The van der Waals surface area contributed by atoms with E-state index < -0.39 is 6.03 Å². The second-order valence-electron chi connectivity index (χ2n) is 6.10. The minimum Gasteiger partial charge on any atom is -0.495 e. The normalized spacial score (nSPS) is 10.0. The van der Waals surface area contributed by atoms with Crippen LogP contribution in [0.2, 0.25) is 0 Å². The van der Waals surface area contributed by atoms with Crippen LogP contribution in [0.1, 0.15) is 5.56 Å². The number of benzene rings is 2. The Labute approximate surface area is 173 Å². The van der Waals surface area contributed by atoms with Crippen LogP contribution in [-0.4, -0.2) is 41.4 Å². The minimum absolute atomic E-state index is 0.121. The smallest absolute Gasteiger partial charge is 0.319 e. The molecule has 0 aliphatic heterocycles. The largest absolute Gasteiger partial charge is 0.495 e. The maximum absolute atomic E-state index is 11.6. The lowest BCUT2D eigenvalue weighted by atomic mass is 10.1. The van der Waals surface area contributed by atoms with Crippen molar-refractivity contribution in [2.45, 2.75) is 0 Å². The van der Waals surface area contributed by atoms with Crippen molar-refractivity contribution in [2.75, 3.05) is 30.9 Å². The highest BCUT2D eigenvalue weighted by Gasteiger charge is 2.08. The summed E-state index contributed by atoms with van der Waals surface area (Å²) in [6, 6.07) is 15.8. The third kappa shape index (κ3) is 5.21. The second-order valence-corrected chi connectivity index (χ2v) is 6.10. The Morgan fingerprint density at radius 1 is 1.17 bits per heavy atom. The topological polar surface area (TPSA) is 132 Å². The van der Waals surface area contributed by atoms with E-state index in [0.717, 1.165) is 11.3 Å². The number of aliphatic hydroxyl groups excluding tert-OH is 1. The Hall–Kier alpha value is -4.16. The number of ether oxygens (including phenoxy) is 1. The number of hydrogen-bond donors (Lipinski definition) is 4. The van der Waals surface area contributed by atoms with Gasteiger partial charge >= 0.3 is 6.03 Å². The van der Waals surface area contributed by atoms with Crippen molar-refractivity contribution in [3.8, 4) is 23.1 Å². The number of hydrogen-bond acceptors (Lipinski definition) is 7. The van der Waals surface area contributed by atoms with Crippen LogP contribution in [0.25, 0.3) is 11.3 Å². The molecular formula is C21H20N6O3. The number of carbonyl (C=O) groups excluding carboxylic acids is 1. The predicted molar refractivity (Wildman–Crippen MR) is 113 cm³/mol. The van der Waals surface area contributed by atoms with Gasteiger partial charge in [-0.25, -0.2) is 14.8 Å². The van der Waals surface area contributed by atoms with Crippen LogP contribution in [0.15, 0.2) is 54.7 Å². The maximum atomic E-state index is 11.6. The molecule has 3 aromatic rings. The Morgan fingerprint density at radius 3 is 2.63 bits per heavy atom. The van der Waals surface area contributed by atoms with E-state index in [0.29, 0.717) is 28.6 Å². The van der Waals surface area contributed by atoms with Crippen molar-refractivity contribution in [3.63, 3.8) is 0 Å². The first kappa shape index (κ1) is 20.6. The summed E-state index contributed by atoms with van der Waals surface area (Å²) >= 11 is 0. The molecule has 0 saturated heterocycles. The number of carbonyl (C=O) groups is 1. The molecule has 2 aromatic carbocycles. The van der Waals surface area contributed by atoms with E-state index >= 15 is 0 Å². The lowest BCUT2D eigenvalue weighted by Crippen LogP contribution is -2.30. The van der Waals surface area contributed by atoms with Gasteiger partial charge in [-0.05, 0) is 48.5 Å². The number of aromatic nitrogens is 2. The average molecular weight is 404 g/mol. The van der Waals surface area contributed by atoms with E-state index in [1.54, 1.807) is 48.7 Å². The van der Waals surface area contributed by atoms with Crippen LogP contribution in [0.5, 0.6) is 5.75 Å². The molecule has 4 N–H and O–H groups in total. The van der Waals surface area contributed by atoms with Gasteiger partial charge in [0, 0.05) is 29.7 Å². The number of nitrogens with one attached hydrogen (secondary N) is 3. The maximum Gasteiger partial charge on any atom is 0.319 e. The highest BCUT2D eigenvalue weighted by Crippen LogP contribution is 2.26. The zero-order chi connectivity index (χ0) is 21.3. The summed E-state index contributed by atoms with van der Waals surface area (Å²) < 4.78 is 5.17. The standard InChI is InChI=1S/C21H20N6O3/c1-30-19-7-2-14(12-15(19)13-22)18-8-9-23-20(27-18)25-16-3-5-17(6-4-16)26-21(29)24-10-11-28/h2-9,12,28H,10-11H2,1H3,(H,23,25,27)(H2,24,26,29). The lowest BCUT2D eigenvalue weighted by molar-refractivity contribution is 0.245. The molecule has 9 nitrogen and oxygen atoms in total. The van der Waals surface area contributed by atoms with Crippen LogP contribution in [0, 0.1) is 11.3 Å².